The molecule has 1 fully saturated rings. The van der Waals surface area contributed by atoms with E-state index in [1.54, 1.807) is 0 Å². The Kier molecular flexibility index (Phi) is 10.3. The molecule has 7 nitrogen and oxygen atoms in total. The van der Waals surface area contributed by atoms with Gasteiger partial charge in [-0.05, 0) is 47.8 Å². The van der Waals surface area contributed by atoms with Crippen molar-refractivity contribution in [2.75, 3.05) is 39.4 Å². The molecule has 1 unspecified atom stereocenters. The smallest absolute Gasteiger partial charge is 0.328 e. The second kappa shape index (κ2) is 14.1. The Labute approximate surface area is 233 Å². The van der Waals surface area contributed by atoms with Crippen molar-refractivity contribution in [2.45, 2.75) is 22.6 Å². The molecule has 0 amide bonds. The molecular weight excluding hydrogens is 512 g/mol. The zero-order valence-electron chi connectivity index (χ0n) is 21.8. The second-order valence-electron chi connectivity index (χ2n) is 9.30. The third kappa shape index (κ3) is 7.36. The summed E-state index contributed by atoms with van der Waals surface area (Å²) >= 11 is 1.95. The fraction of sp³-hybridized carbons (Fsp3) is 0.290. The summed E-state index contributed by atoms with van der Waals surface area (Å²) < 4.78 is 5.51. The van der Waals surface area contributed by atoms with Crippen molar-refractivity contribution in [3.63, 3.8) is 0 Å². The molecule has 2 heterocycles. The quantitative estimate of drug-likeness (QED) is 0.278. The van der Waals surface area contributed by atoms with Crippen molar-refractivity contribution in [2.24, 2.45) is 0 Å². The first-order valence-electron chi connectivity index (χ1n) is 13.1. The van der Waals surface area contributed by atoms with Crippen molar-refractivity contribution in [3.05, 3.63) is 113 Å². The number of fused-ring (bicyclic) bond motifs is 2. The Bertz CT molecular complexity index is 1210. The highest BCUT2D eigenvalue weighted by Gasteiger charge is 2.40. The van der Waals surface area contributed by atoms with E-state index in [0.717, 1.165) is 51.6 Å². The molecule has 0 radical (unpaired) electrons. The van der Waals surface area contributed by atoms with Crippen LogP contribution in [0.5, 0.6) is 0 Å². The van der Waals surface area contributed by atoms with Crippen molar-refractivity contribution in [1.29, 1.82) is 0 Å². The molecule has 3 aromatic rings. The Hall–Kier alpha value is -3.43. The van der Waals surface area contributed by atoms with Crippen LogP contribution in [0, 0.1) is 0 Å². The average Bonchev–Trinajstić information content (AvgIpc) is 3.11. The van der Waals surface area contributed by atoms with E-state index in [4.69, 9.17) is 14.9 Å². The largest absolute Gasteiger partial charge is 0.478 e. The van der Waals surface area contributed by atoms with E-state index in [-0.39, 0.29) is 5.54 Å². The first-order valence-corrected chi connectivity index (χ1v) is 14.0. The molecule has 0 spiro atoms. The standard InChI is InChI=1S/C27H30N2OS.C4H4O4/c1-2-10-23(11-3-1)27(28-15-8-16-29-17-19-30-20-18-29)24-12-5-4-9-22(24)21-31-26-14-7-6-13-25(26)27;5-3(6)1-2-4(7)8/h1-7,9-14,28H,8,15-21H2;1-2H,(H,5,6)(H,7,8)/b;2-1+. The molecule has 204 valence electrons. The van der Waals surface area contributed by atoms with Crippen molar-refractivity contribution in [3.8, 4) is 0 Å². The molecule has 2 aliphatic rings. The Morgan fingerprint density at radius 3 is 2.18 bits per heavy atom. The van der Waals surface area contributed by atoms with Gasteiger partial charge in [-0.1, -0.05) is 72.8 Å². The van der Waals surface area contributed by atoms with Gasteiger partial charge in [0, 0.05) is 35.9 Å². The molecule has 0 aliphatic carbocycles. The Morgan fingerprint density at radius 1 is 0.872 bits per heavy atom. The minimum Gasteiger partial charge on any atom is -0.478 e. The molecular formula is C31H34N2O5S. The molecule has 8 heteroatoms. The van der Waals surface area contributed by atoms with Gasteiger partial charge in [0.25, 0.3) is 0 Å². The zero-order valence-corrected chi connectivity index (χ0v) is 22.6. The van der Waals surface area contributed by atoms with Gasteiger partial charge in [0.05, 0.1) is 18.8 Å². The van der Waals surface area contributed by atoms with Gasteiger partial charge in [-0.2, -0.15) is 0 Å². The predicted molar refractivity (Wildman–Crippen MR) is 153 cm³/mol. The number of hydrogen-bond acceptors (Lipinski definition) is 6. The lowest BCUT2D eigenvalue weighted by Crippen LogP contribution is -2.46. The Balaban J connectivity index is 0.000000386. The van der Waals surface area contributed by atoms with Gasteiger partial charge in [0.1, 0.15) is 0 Å². The predicted octanol–water partition coefficient (Wildman–Crippen LogP) is 4.61. The zero-order chi connectivity index (χ0) is 27.5. The van der Waals surface area contributed by atoms with Gasteiger partial charge in [0.15, 0.2) is 0 Å². The van der Waals surface area contributed by atoms with E-state index in [1.165, 1.54) is 27.1 Å². The van der Waals surface area contributed by atoms with Gasteiger partial charge in [0.2, 0.25) is 0 Å². The first-order chi connectivity index (χ1) is 19.0. The molecule has 2 aliphatic heterocycles. The van der Waals surface area contributed by atoms with Gasteiger partial charge < -0.3 is 14.9 Å². The SMILES string of the molecule is O=C(O)/C=C/C(=O)O.c1ccc(C2(NCCCN3CCOCC3)c3ccccc3CSc3ccccc32)cc1. The van der Waals surface area contributed by atoms with E-state index in [9.17, 15) is 9.59 Å². The van der Waals surface area contributed by atoms with E-state index in [2.05, 4.69) is 89.1 Å². The number of carboxylic acid groups (broad SMARTS) is 2. The number of thioether (sulfide) groups is 1. The molecule has 1 atom stereocenters. The molecule has 0 bridgehead atoms. The third-order valence-corrected chi connectivity index (χ3v) is 7.94. The van der Waals surface area contributed by atoms with Gasteiger partial charge >= 0.3 is 11.9 Å². The molecule has 5 rings (SSSR count). The van der Waals surface area contributed by atoms with Crippen molar-refractivity contribution < 1.29 is 24.5 Å². The van der Waals surface area contributed by atoms with Crippen LogP contribution < -0.4 is 5.32 Å². The van der Waals surface area contributed by atoms with Crippen LogP contribution in [0.1, 0.15) is 28.7 Å². The number of benzene rings is 3. The van der Waals surface area contributed by atoms with E-state index >= 15 is 0 Å². The number of morpholine rings is 1. The third-order valence-electron chi connectivity index (χ3n) is 6.82. The summed E-state index contributed by atoms with van der Waals surface area (Å²) in [6.07, 6.45) is 2.23. The molecule has 3 aromatic carbocycles. The number of rotatable bonds is 8. The highest BCUT2D eigenvalue weighted by molar-refractivity contribution is 7.98. The fourth-order valence-corrected chi connectivity index (χ4v) is 6.17. The number of nitrogens with one attached hydrogen (secondary N) is 1. The second-order valence-corrected chi connectivity index (χ2v) is 10.3. The summed E-state index contributed by atoms with van der Waals surface area (Å²) in [4.78, 5) is 23.0. The van der Waals surface area contributed by atoms with Gasteiger partial charge in [-0.15, -0.1) is 11.8 Å². The molecule has 0 aromatic heterocycles. The number of aliphatic carboxylic acids is 2. The van der Waals surface area contributed by atoms with E-state index in [0.29, 0.717) is 12.2 Å². The summed E-state index contributed by atoms with van der Waals surface area (Å²) in [6.45, 7) is 5.88. The van der Waals surface area contributed by atoms with Crippen molar-refractivity contribution in [1.82, 2.24) is 10.2 Å². The van der Waals surface area contributed by atoms with Gasteiger partial charge in [-0.25, -0.2) is 9.59 Å². The van der Waals surface area contributed by atoms with E-state index in [1.807, 2.05) is 11.8 Å². The number of nitrogens with zero attached hydrogens (tertiary/aromatic N) is 1. The summed E-state index contributed by atoms with van der Waals surface area (Å²) in [5.74, 6) is -1.52. The normalized spacial score (nSPS) is 18.8. The minimum atomic E-state index is -1.26. The highest BCUT2D eigenvalue weighted by Crippen LogP contribution is 2.46. The highest BCUT2D eigenvalue weighted by atomic mass is 32.2. The van der Waals surface area contributed by atoms with E-state index < -0.39 is 11.9 Å². The summed E-state index contributed by atoms with van der Waals surface area (Å²) in [5, 5.41) is 19.7. The lowest BCUT2D eigenvalue weighted by Gasteiger charge is -2.38. The van der Waals surface area contributed by atoms with Crippen LogP contribution in [0.4, 0.5) is 0 Å². The number of ether oxygens (including phenoxy) is 1. The molecule has 3 N–H and O–H groups in total. The van der Waals surface area contributed by atoms with Crippen LogP contribution in [0.25, 0.3) is 0 Å². The van der Waals surface area contributed by atoms with Crippen LogP contribution in [0.15, 0.2) is 95.9 Å². The number of hydrogen-bond donors (Lipinski definition) is 3. The van der Waals surface area contributed by atoms with Gasteiger partial charge in [-0.3, -0.25) is 10.2 Å². The maximum atomic E-state index is 9.55. The lowest BCUT2D eigenvalue weighted by molar-refractivity contribution is -0.134. The molecule has 0 saturated carbocycles. The van der Waals surface area contributed by atoms with Crippen LogP contribution in [-0.4, -0.2) is 66.4 Å². The summed E-state index contributed by atoms with van der Waals surface area (Å²) in [7, 11) is 0. The number of carboxylic acids is 2. The minimum absolute atomic E-state index is 0.344. The maximum Gasteiger partial charge on any atom is 0.328 e. The number of carbonyl (C=O) groups is 2. The van der Waals surface area contributed by atoms with Crippen molar-refractivity contribution >= 4 is 23.7 Å². The van der Waals surface area contributed by atoms with Crippen LogP contribution >= 0.6 is 11.8 Å². The maximum absolute atomic E-state index is 9.55. The monoisotopic (exact) mass is 546 g/mol. The fourth-order valence-electron chi connectivity index (χ4n) is 5.05. The van der Waals surface area contributed by atoms with Crippen LogP contribution in [0.2, 0.25) is 0 Å². The Morgan fingerprint density at radius 2 is 1.49 bits per heavy atom. The average molecular weight is 547 g/mol. The van der Waals surface area contributed by atoms with Crippen LogP contribution in [0.3, 0.4) is 0 Å². The molecule has 39 heavy (non-hydrogen) atoms. The summed E-state index contributed by atoms with van der Waals surface area (Å²) in [5.41, 5.74) is 5.12. The van der Waals surface area contributed by atoms with Crippen LogP contribution in [-0.2, 0) is 25.6 Å². The first kappa shape index (κ1) is 28.6. The lowest BCUT2D eigenvalue weighted by atomic mass is 9.75. The topological polar surface area (TPSA) is 99.1 Å². The molecule has 1 saturated heterocycles. The summed E-state index contributed by atoms with van der Waals surface area (Å²) in [6, 6.07) is 28.9.